The van der Waals surface area contributed by atoms with E-state index < -0.39 is 0 Å². The Labute approximate surface area is 193 Å². The van der Waals surface area contributed by atoms with Crippen LogP contribution in [0.4, 0.5) is 5.82 Å². The average Bonchev–Trinajstić information content (AvgIpc) is 2.81. The molecule has 0 saturated carbocycles. The van der Waals surface area contributed by atoms with E-state index in [1.165, 1.54) is 25.8 Å². The Morgan fingerprint density at radius 3 is 2.91 bits per heavy atom. The third kappa shape index (κ3) is 7.08. The highest BCUT2D eigenvalue weighted by Gasteiger charge is 2.26. The molecule has 32 heavy (non-hydrogen) atoms. The number of rotatable bonds is 9. The van der Waals surface area contributed by atoms with Crippen molar-refractivity contribution in [1.29, 1.82) is 0 Å². The van der Waals surface area contributed by atoms with Gasteiger partial charge in [0.15, 0.2) is 5.96 Å². The fraction of sp³-hybridized carbons (Fsp3) is 0.708. The predicted molar refractivity (Wildman–Crippen MR) is 131 cm³/mol. The second kappa shape index (κ2) is 12.6. The Hall–Kier alpha value is -2.35. The van der Waals surface area contributed by atoms with E-state index >= 15 is 0 Å². The van der Waals surface area contributed by atoms with Gasteiger partial charge in [0, 0.05) is 50.5 Å². The Kier molecular flexibility index (Phi) is 9.59. The van der Waals surface area contributed by atoms with Gasteiger partial charge in [-0.05, 0) is 58.6 Å². The molecule has 2 fully saturated rings. The van der Waals surface area contributed by atoms with Crippen molar-refractivity contribution in [2.75, 3.05) is 44.2 Å². The number of piperidine rings is 2. The molecule has 0 aliphatic carbocycles. The van der Waals surface area contributed by atoms with Gasteiger partial charge in [-0.15, -0.1) is 0 Å². The van der Waals surface area contributed by atoms with Crippen molar-refractivity contribution in [3.05, 3.63) is 23.9 Å². The first-order valence-electron chi connectivity index (χ1n) is 12.3. The van der Waals surface area contributed by atoms with E-state index in [1.807, 2.05) is 12.3 Å². The summed E-state index contributed by atoms with van der Waals surface area (Å²) in [6.07, 6.45) is 8.74. The molecule has 0 aromatic carbocycles. The molecule has 1 aromatic rings. The minimum absolute atomic E-state index is 0.108. The average molecular weight is 444 g/mol. The van der Waals surface area contributed by atoms with E-state index in [9.17, 15) is 4.79 Å². The van der Waals surface area contributed by atoms with Crippen LogP contribution in [0.1, 0.15) is 57.9 Å². The Bertz CT molecular complexity index is 754. The molecule has 0 spiro atoms. The molecule has 3 rings (SSSR count). The number of aromatic nitrogens is 1. The fourth-order valence-corrected chi connectivity index (χ4v) is 4.72. The van der Waals surface area contributed by atoms with Crippen LogP contribution in [0.3, 0.4) is 0 Å². The smallest absolute Gasteiger partial charge is 0.222 e. The zero-order valence-corrected chi connectivity index (χ0v) is 19.9. The van der Waals surface area contributed by atoms with Crippen molar-refractivity contribution in [2.24, 2.45) is 16.6 Å². The summed E-state index contributed by atoms with van der Waals surface area (Å²) in [6.45, 7) is 10.6. The van der Waals surface area contributed by atoms with Gasteiger partial charge in [0.05, 0.1) is 12.5 Å². The molecular formula is C24H41N7O. The van der Waals surface area contributed by atoms with Crippen LogP contribution in [0.25, 0.3) is 0 Å². The summed E-state index contributed by atoms with van der Waals surface area (Å²) < 4.78 is 0. The molecule has 8 nitrogen and oxygen atoms in total. The van der Waals surface area contributed by atoms with Crippen LogP contribution in [0, 0.1) is 5.92 Å². The van der Waals surface area contributed by atoms with Gasteiger partial charge >= 0.3 is 0 Å². The van der Waals surface area contributed by atoms with E-state index in [0.717, 1.165) is 62.8 Å². The topological polar surface area (TPSA) is 98.9 Å². The van der Waals surface area contributed by atoms with Crippen LogP contribution >= 0.6 is 0 Å². The standard InChI is InChI=1S/C24H41N7O/c1-3-26-24(28-13-8-16-30-14-5-4-9-19(30)2)29-17-20-10-6-12-27-23(20)31-15-7-11-21(18-31)22(25)32/h6,10,12,19,21H,3-5,7-9,11,13-18H2,1-2H3,(H2,25,32)(H2,26,28,29). The van der Waals surface area contributed by atoms with Crippen molar-refractivity contribution < 1.29 is 4.79 Å². The molecule has 2 aliphatic heterocycles. The SMILES string of the molecule is CCNC(=NCc1cccnc1N1CCCC(C(N)=O)C1)NCCCN1CCCCC1C. The molecular weight excluding hydrogens is 402 g/mol. The predicted octanol–water partition coefficient (Wildman–Crippen LogP) is 2.10. The summed E-state index contributed by atoms with van der Waals surface area (Å²) in [4.78, 5) is 25.9. The van der Waals surface area contributed by atoms with Crippen LogP contribution < -0.4 is 21.3 Å². The molecule has 0 bridgehead atoms. The largest absolute Gasteiger partial charge is 0.369 e. The maximum absolute atomic E-state index is 11.7. The van der Waals surface area contributed by atoms with Gasteiger partial charge in [-0.25, -0.2) is 9.98 Å². The molecule has 1 aromatic heterocycles. The van der Waals surface area contributed by atoms with E-state index in [0.29, 0.717) is 19.1 Å². The quantitative estimate of drug-likeness (QED) is 0.307. The zero-order chi connectivity index (χ0) is 22.8. The molecule has 4 N–H and O–H groups in total. The number of anilines is 1. The third-order valence-corrected chi connectivity index (χ3v) is 6.60. The van der Waals surface area contributed by atoms with Crippen molar-refractivity contribution >= 4 is 17.7 Å². The molecule has 3 heterocycles. The molecule has 2 saturated heterocycles. The van der Waals surface area contributed by atoms with Crippen LogP contribution in [0.5, 0.6) is 0 Å². The lowest BCUT2D eigenvalue weighted by atomic mass is 9.97. The maximum Gasteiger partial charge on any atom is 0.222 e. The van der Waals surface area contributed by atoms with Crippen molar-refractivity contribution in [2.45, 2.75) is 65.0 Å². The fourth-order valence-electron chi connectivity index (χ4n) is 4.72. The number of carbonyl (C=O) groups excluding carboxylic acids is 1. The summed E-state index contributed by atoms with van der Waals surface area (Å²) in [6, 6.07) is 4.73. The summed E-state index contributed by atoms with van der Waals surface area (Å²) in [7, 11) is 0. The van der Waals surface area contributed by atoms with Crippen LogP contribution in [0.15, 0.2) is 23.3 Å². The van der Waals surface area contributed by atoms with Crippen LogP contribution in [-0.2, 0) is 11.3 Å². The number of pyridine rings is 1. The van der Waals surface area contributed by atoms with Crippen molar-refractivity contribution in [1.82, 2.24) is 20.5 Å². The van der Waals surface area contributed by atoms with Gasteiger partial charge in [0.1, 0.15) is 5.82 Å². The number of hydrogen-bond donors (Lipinski definition) is 3. The van der Waals surface area contributed by atoms with E-state index in [2.05, 4.69) is 45.3 Å². The summed E-state index contributed by atoms with van der Waals surface area (Å²) >= 11 is 0. The zero-order valence-electron chi connectivity index (χ0n) is 19.9. The Balaban J connectivity index is 1.56. The normalized spacial score (nSPS) is 22.6. The van der Waals surface area contributed by atoms with Gasteiger partial charge < -0.3 is 26.2 Å². The lowest BCUT2D eigenvalue weighted by Gasteiger charge is -2.33. The number of likely N-dealkylation sites (tertiary alicyclic amines) is 1. The highest BCUT2D eigenvalue weighted by atomic mass is 16.1. The Morgan fingerprint density at radius 2 is 2.12 bits per heavy atom. The molecule has 0 radical (unpaired) electrons. The Morgan fingerprint density at radius 1 is 1.25 bits per heavy atom. The molecule has 2 aliphatic rings. The lowest BCUT2D eigenvalue weighted by molar-refractivity contribution is -0.122. The summed E-state index contributed by atoms with van der Waals surface area (Å²) in [5.74, 6) is 1.42. The lowest BCUT2D eigenvalue weighted by Crippen LogP contribution is -2.42. The molecule has 178 valence electrons. The van der Waals surface area contributed by atoms with Crippen LogP contribution in [0.2, 0.25) is 0 Å². The highest BCUT2D eigenvalue weighted by Crippen LogP contribution is 2.25. The second-order valence-electron chi connectivity index (χ2n) is 9.03. The van der Waals surface area contributed by atoms with Crippen molar-refractivity contribution in [3.8, 4) is 0 Å². The molecule has 2 unspecified atom stereocenters. The van der Waals surface area contributed by atoms with Crippen molar-refractivity contribution in [3.63, 3.8) is 0 Å². The minimum Gasteiger partial charge on any atom is -0.369 e. The number of amides is 1. The maximum atomic E-state index is 11.7. The summed E-state index contributed by atoms with van der Waals surface area (Å²) in [5.41, 5.74) is 6.63. The first-order valence-corrected chi connectivity index (χ1v) is 12.3. The van der Waals surface area contributed by atoms with Gasteiger partial charge in [0.2, 0.25) is 5.91 Å². The van der Waals surface area contributed by atoms with Gasteiger partial charge in [-0.1, -0.05) is 12.5 Å². The number of nitrogens with one attached hydrogen (secondary N) is 2. The van der Waals surface area contributed by atoms with Gasteiger partial charge in [-0.2, -0.15) is 0 Å². The second-order valence-corrected chi connectivity index (χ2v) is 9.03. The highest BCUT2D eigenvalue weighted by molar-refractivity contribution is 5.80. The number of aliphatic imine (C=N–C) groups is 1. The van der Waals surface area contributed by atoms with E-state index in [1.54, 1.807) is 0 Å². The van der Waals surface area contributed by atoms with E-state index in [-0.39, 0.29) is 11.8 Å². The molecule has 2 atom stereocenters. The summed E-state index contributed by atoms with van der Waals surface area (Å²) in [5, 5.41) is 6.83. The number of guanidine groups is 1. The van der Waals surface area contributed by atoms with Crippen LogP contribution in [-0.4, -0.2) is 67.1 Å². The number of hydrogen-bond acceptors (Lipinski definition) is 5. The molecule has 1 amide bonds. The number of nitrogens with zero attached hydrogens (tertiary/aromatic N) is 4. The van der Waals surface area contributed by atoms with Gasteiger partial charge in [-0.3, -0.25) is 4.79 Å². The number of nitrogens with two attached hydrogens (primary N) is 1. The first-order chi connectivity index (χ1) is 15.6. The van der Waals surface area contributed by atoms with Gasteiger partial charge in [0.25, 0.3) is 0 Å². The first kappa shape index (κ1) is 24.3. The number of carbonyl (C=O) groups is 1. The molecule has 8 heteroatoms. The number of primary amides is 1. The van der Waals surface area contributed by atoms with E-state index in [4.69, 9.17) is 10.7 Å². The third-order valence-electron chi connectivity index (χ3n) is 6.60. The monoisotopic (exact) mass is 443 g/mol. The minimum atomic E-state index is -0.220.